The molecule has 134 valence electrons. The summed E-state index contributed by atoms with van der Waals surface area (Å²) in [6.07, 6.45) is 21.0. The largest absolute Gasteiger partial charge is 0.248 e. The molecule has 27 heavy (non-hydrogen) atoms. The van der Waals surface area contributed by atoms with Crippen LogP contribution in [0.2, 0.25) is 0 Å². The molecule has 2 nitrogen and oxygen atoms in total. The van der Waals surface area contributed by atoms with E-state index in [0.29, 0.717) is 0 Å². The van der Waals surface area contributed by atoms with Crippen molar-refractivity contribution < 1.29 is 0 Å². The first-order valence-corrected chi connectivity index (χ1v) is 10.9. The summed E-state index contributed by atoms with van der Waals surface area (Å²) < 4.78 is 0. The Balaban J connectivity index is 1.74. The molecule has 2 aliphatic rings. The van der Waals surface area contributed by atoms with E-state index in [-0.39, 0.29) is 0 Å². The van der Waals surface area contributed by atoms with Crippen molar-refractivity contribution in [2.45, 2.75) is 18.4 Å². The molecule has 0 radical (unpaired) electrons. The summed E-state index contributed by atoms with van der Waals surface area (Å²) in [6, 6.07) is 6.29. The molecular formula is C23H20N2S2. The lowest BCUT2D eigenvalue weighted by Gasteiger charge is -2.09. The van der Waals surface area contributed by atoms with Crippen molar-refractivity contribution in [1.29, 1.82) is 0 Å². The third-order valence-corrected chi connectivity index (χ3v) is 6.21. The highest BCUT2D eigenvalue weighted by Gasteiger charge is 2.13. The second-order valence-corrected chi connectivity index (χ2v) is 8.41. The summed E-state index contributed by atoms with van der Waals surface area (Å²) in [5.41, 5.74) is 5.35. The van der Waals surface area contributed by atoms with Gasteiger partial charge in [-0.05, 0) is 42.8 Å². The molecule has 4 heteroatoms. The maximum absolute atomic E-state index is 4.94. The first-order valence-electron chi connectivity index (χ1n) is 8.90. The zero-order chi connectivity index (χ0) is 18.5. The fourth-order valence-corrected chi connectivity index (χ4v) is 4.72. The Kier molecular flexibility index (Phi) is 5.75. The van der Waals surface area contributed by atoms with Crippen molar-refractivity contribution in [2.75, 3.05) is 0 Å². The molecule has 1 aliphatic carbocycles. The van der Waals surface area contributed by atoms with Crippen molar-refractivity contribution in [3.8, 4) is 0 Å². The lowest BCUT2D eigenvalue weighted by Crippen LogP contribution is -2.00. The second kappa shape index (κ2) is 8.59. The van der Waals surface area contributed by atoms with Crippen LogP contribution in [0.15, 0.2) is 88.8 Å². The molecule has 1 aromatic carbocycles. The van der Waals surface area contributed by atoms with Gasteiger partial charge in [-0.1, -0.05) is 48.6 Å². The molecule has 0 spiro atoms. The number of rotatable bonds is 0. The molecule has 2 bridgehead atoms. The number of nitrogens with zero attached hydrogens (tertiary/aromatic N) is 2. The van der Waals surface area contributed by atoms with E-state index < -0.39 is 0 Å². The number of hydrogen-bond acceptors (Lipinski definition) is 4. The Morgan fingerprint density at radius 2 is 1.41 bits per heavy atom. The van der Waals surface area contributed by atoms with Crippen molar-refractivity contribution in [3.63, 3.8) is 0 Å². The van der Waals surface area contributed by atoms with Crippen LogP contribution in [0, 0.1) is 6.92 Å². The maximum Gasteiger partial charge on any atom is 0.0893 e. The van der Waals surface area contributed by atoms with Gasteiger partial charge in [0.15, 0.2) is 0 Å². The minimum atomic E-state index is 0.829. The third-order valence-electron chi connectivity index (χ3n) is 4.20. The number of aryl methyl sites for hydroxylation is 1. The van der Waals surface area contributed by atoms with Crippen LogP contribution in [0.1, 0.15) is 17.0 Å². The van der Waals surface area contributed by atoms with Gasteiger partial charge in [-0.2, -0.15) is 0 Å². The molecule has 4 rings (SSSR count). The normalized spacial score (nSPS) is 17.1. The number of thioether (sulfide) groups is 2. The predicted octanol–water partition coefficient (Wildman–Crippen LogP) is 6.42. The van der Waals surface area contributed by atoms with E-state index >= 15 is 0 Å². The molecule has 1 aromatic heterocycles. The molecule has 0 N–H and O–H groups in total. The monoisotopic (exact) mass is 388 g/mol. The summed E-state index contributed by atoms with van der Waals surface area (Å²) >= 11 is 3.63. The maximum atomic E-state index is 4.94. The molecule has 0 fully saturated rings. The van der Waals surface area contributed by atoms with Crippen LogP contribution in [0.3, 0.4) is 0 Å². The van der Waals surface area contributed by atoms with Gasteiger partial charge in [0.2, 0.25) is 0 Å². The molecule has 0 saturated carbocycles. The number of allylic oxidation sites excluding steroid dienone is 10. The molecule has 0 saturated heterocycles. The fourth-order valence-electron chi connectivity index (χ4n) is 2.81. The van der Waals surface area contributed by atoms with Gasteiger partial charge in [0.25, 0.3) is 0 Å². The van der Waals surface area contributed by atoms with Gasteiger partial charge in [-0.3, -0.25) is 0 Å². The number of aromatic nitrogens is 2. The lowest BCUT2D eigenvalue weighted by molar-refractivity contribution is 1.07. The molecule has 0 unspecified atom stereocenters. The van der Waals surface area contributed by atoms with Crippen LogP contribution in [0.25, 0.3) is 11.0 Å². The van der Waals surface area contributed by atoms with Gasteiger partial charge < -0.3 is 0 Å². The van der Waals surface area contributed by atoms with Gasteiger partial charge in [-0.15, -0.1) is 23.5 Å². The van der Waals surface area contributed by atoms with E-state index in [1.54, 1.807) is 0 Å². The van der Waals surface area contributed by atoms with Crippen molar-refractivity contribution in [1.82, 2.24) is 9.97 Å². The summed E-state index contributed by atoms with van der Waals surface area (Å²) in [5.74, 6) is 1.66. The minimum Gasteiger partial charge on any atom is -0.248 e. The quantitative estimate of drug-likeness (QED) is 0.520. The Hall–Kier alpha value is -2.30. The molecule has 0 amide bonds. The Labute approximate surface area is 168 Å². The molecular weight excluding hydrogens is 368 g/mol. The van der Waals surface area contributed by atoms with Gasteiger partial charge in [0.05, 0.1) is 22.4 Å². The first-order chi connectivity index (χ1) is 13.3. The zero-order valence-electron chi connectivity index (χ0n) is 15.1. The van der Waals surface area contributed by atoms with Crippen LogP contribution in [0.5, 0.6) is 0 Å². The third kappa shape index (κ3) is 4.71. The first kappa shape index (κ1) is 18.1. The molecule has 2 heterocycles. The van der Waals surface area contributed by atoms with Gasteiger partial charge >= 0.3 is 0 Å². The SMILES string of the molecule is Cc1ccc2nc3c(nc2c1)CSC1=CC(=CC=CC=CC=CC=C1)SC3. The standard InChI is InChI=1S/C23H20N2S2/c1-17-11-12-20-21(13-17)25-23-16-27-19-10-8-6-4-2-3-5-7-9-18(14-19)26-15-22(23)24-20/h2-14H,15-16H2,1H3. The molecule has 0 atom stereocenters. The van der Waals surface area contributed by atoms with E-state index in [9.17, 15) is 0 Å². The Bertz CT molecular complexity index is 1040. The number of benzene rings is 1. The number of fused-ring (bicyclic) bond motifs is 3. The van der Waals surface area contributed by atoms with E-state index in [1.807, 2.05) is 41.8 Å². The van der Waals surface area contributed by atoms with Gasteiger partial charge in [0, 0.05) is 21.3 Å². The van der Waals surface area contributed by atoms with Crippen molar-refractivity contribution >= 4 is 34.6 Å². The highest BCUT2D eigenvalue weighted by Crippen LogP contribution is 2.33. The highest BCUT2D eigenvalue weighted by atomic mass is 32.2. The van der Waals surface area contributed by atoms with Crippen molar-refractivity contribution in [3.05, 3.63) is 106 Å². The average Bonchev–Trinajstić information content (AvgIpc) is 2.73. The molecule has 1 aliphatic heterocycles. The minimum absolute atomic E-state index is 0.829. The lowest BCUT2D eigenvalue weighted by atomic mass is 10.2. The summed E-state index contributed by atoms with van der Waals surface area (Å²) in [6.45, 7) is 2.10. The van der Waals surface area contributed by atoms with Gasteiger partial charge in [0.1, 0.15) is 0 Å². The smallest absolute Gasteiger partial charge is 0.0893 e. The fraction of sp³-hybridized carbons (Fsp3) is 0.130. The van der Waals surface area contributed by atoms with E-state index in [0.717, 1.165) is 33.9 Å². The second-order valence-electron chi connectivity index (χ2n) is 6.32. The Morgan fingerprint density at radius 1 is 0.741 bits per heavy atom. The van der Waals surface area contributed by atoms with Crippen LogP contribution >= 0.6 is 23.5 Å². The number of hydrogen-bond donors (Lipinski definition) is 0. The predicted molar refractivity (Wildman–Crippen MR) is 120 cm³/mol. The topological polar surface area (TPSA) is 25.8 Å². The van der Waals surface area contributed by atoms with Gasteiger partial charge in [-0.25, -0.2) is 9.97 Å². The van der Waals surface area contributed by atoms with E-state index in [2.05, 4.69) is 67.7 Å². The van der Waals surface area contributed by atoms with E-state index in [1.165, 1.54) is 15.4 Å². The Morgan fingerprint density at radius 3 is 2.22 bits per heavy atom. The highest BCUT2D eigenvalue weighted by molar-refractivity contribution is 8.03. The summed E-state index contributed by atoms with van der Waals surface area (Å²) in [7, 11) is 0. The van der Waals surface area contributed by atoms with E-state index in [4.69, 9.17) is 9.97 Å². The zero-order valence-corrected chi connectivity index (χ0v) is 16.8. The summed E-state index contributed by atoms with van der Waals surface area (Å²) in [5, 5.41) is 0. The van der Waals surface area contributed by atoms with Crippen LogP contribution < -0.4 is 0 Å². The van der Waals surface area contributed by atoms with Crippen molar-refractivity contribution in [2.24, 2.45) is 0 Å². The summed E-state index contributed by atoms with van der Waals surface area (Å²) in [4.78, 5) is 12.3. The molecule has 2 aromatic rings. The average molecular weight is 389 g/mol. The van der Waals surface area contributed by atoms with Crippen LogP contribution in [-0.4, -0.2) is 9.97 Å². The van der Waals surface area contributed by atoms with Crippen LogP contribution in [0.4, 0.5) is 0 Å². The van der Waals surface area contributed by atoms with Crippen LogP contribution in [-0.2, 0) is 11.5 Å².